The molecule has 4 nitrogen and oxygen atoms in total. The topological polar surface area (TPSA) is 63.6 Å². The van der Waals surface area contributed by atoms with Crippen LogP contribution in [-0.4, -0.2) is 24.0 Å². The molecule has 3 rings (SSSR count). The van der Waals surface area contributed by atoms with E-state index in [1.54, 1.807) is 12.1 Å². The summed E-state index contributed by atoms with van der Waals surface area (Å²) in [6, 6.07) is 17.3. The van der Waals surface area contributed by atoms with Crippen LogP contribution in [0.1, 0.15) is 5.56 Å². The molecular weight excluding hydrogens is 292 g/mol. The highest BCUT2D eigenvalue weighted by atomic mass is 16.5. The van der Waals surface area contributed by atoms with Crippen LogP contribution in [0.2, 0.25) is 0 Å². The third kappa shape index (κ3) is 2.79. The van der Waals surface area contributed by atoms with Crippen LogP contribution in [-0.2, 0) is 14.3 Å². The number of fused-ring (bicyclic) bond motifs is 3. The Labute approximate surface area is 132 Å². The summed E-state index contributed by atoms with van der Waals surface area (Å²) in [5.41, 5.74) is 0.464. The molecule has 0 aliphatic rings. The van der Waals surface area contributed by atoms with Gasteiger partial charge in [-0.05, 0) is 27.6 Å². The number of hydrogen-bond acceptors (Lipinski definition) is 4. The Kier molecular flexibility index (Phi) is 3.81. The lowest BCUT2D eigenvalue weighted by molar-refractivity contribution is -0.149. The molecule has 0 unspecified atom stereocenters. The van der Waals surface area contributed by atoms with Gasteiger partial charge in [0.1, 0.15) is 5.76 Å². The van der Waals surface area contributed by atoms with E-state index in [4.69, 9.17) is 0 Å². The van der Waals surface area contributed by atoms with Crippen LogP contribution in [0.15, 0.2) is 60.7 Å². The Morgan fingerprint density at radius 3 is 2.35 bits per heavy atom. The number of aliphatic hydroxyl groups is 1. The zero-order chi connectivity index (χ0) is 16.4. The molecule has 0 aliphatic heterocycles. The van der Waals surface area contributed by atoms with Crippen molar-refractivity contribution >= 4 is 39.1 Å². The van der Waals surface area contributed by atoms with Crippen LogP contribution < -0.4 is 0 Å². The van der Waals surface area contributed by atoms with Gasteiger partial charge < -0.3 is 9.84 Å². The molecular formula is C19H14O4. The van der Waals surface area contributed by atoms with E-state index in [1.807, 2.05) is 42.5 Å². The molecule has 4 heteroatoms. The number of rotatable bonds is 3. The Morgan fingerprint density at radius 2 is 1.61 bits per heavy atom. The molecule has 0 atom stereocenters. The molecule has 23 heavy (non-hydrogen) atoms. The molecule has 0 saturated heterocycles. The molecule has 0 aromatic heterocycles. The summed E-state index contributed by atoms with van der Waals surface area (Å²) >= 11 is 0. The van der Waals surface area contributed by atoms with E-state index in [-0.39, 0.29) is 5.76 Å². The van der Waals surface area contributed by atoms with Crippen LogP contribution in [0.4, 0.5) is 0 Å². The second-order valence-electron chi connectivity index (χ2n) is 5.11. The first kappa shape index (κ1) is 14.8. The minimum Gasteiger partial charge on any atom is -0.507 e. The Balaban J connectivity index is 2.12. The number of esters is 1. The maximum absolute atomic E-state index is 11.5. The molecule has 1 N–H and O–H groups in total. The van der Waals surface area contributed by atoms with E-state index < -0.39 is 11.8 Å². The number of ketones is 1. The molecule has 0 heterocycles. The molecule has 114 valence electrons. The van der Waals surface area contributed by atoms with Crippen molar-refractivity contribution < 1.29 is 19.4 Å². The number of carbonyl (C=O) groups excluding carboxylic acids is 2. The van der Waals surface area contributed by atoms with E-state index in [9.17, 15) is 14.7 Å². The smallest absolute Gasteiger partial charge is 0.378 e. The van der Waals surface area contributed by atoms with Gasteiger partial charge in [0.2, 0.25) is 0 Å². The Bertz CT molecular complexity index is 954. The van der Waals surface area contributed by atoms with E-state index in [0.717, 1.165) is 34.7 Å². The molecule has 0 amide bonds. The highest BCUT2D eigenvalue weighted by Gasteiger charge is 2.13. The van der Waals surface area contributed by atoms with E-state index >= 15 is 0 Å². The van der Waals surface area contributed by atoms with Crippen molar-refractivity contribution in [3.05, 3.63) is 66.2 Å². The fourth-order valence-corrected chi connectivity index (χ4v) is 2.53. The first-order valence-electron chi connectivity index (χ1n) is 7.05. The summed E-state index contributed by atoms with van der Waals surface area (Å²) in [5.74, 6) is -2.18. The van der Waals surface area contributed by atoms with Crippen LogP contribution in [0, 0.1) is 0 Å². The average Bonchev–Trinajstić information content (AvgIpc) is 2.60. The second kappa shape index (κ2) is 5.93. The summed E-state index contributed by atoms with van der Waals surface area (Å²) in [5, 5.41) is 14.2. The van der Waals surface area contributed by atoms with E-state index in [0.29, 0.717) is 5.56 Å². The van der Waals surface area contributed by atoms with Crippen LogP contribution in [0.25, 0.3) is 27.3 Å². The van der Waals surface area contributed by atoms with Gasteiger partial charge in [-0.1, -0.05) is 48.5 Å². The molecule has 0 bridgehead atoms. The summed E-state index contributed by atoms with van der Waals surface area (Å²) in [4.78, 5) is 22.7. The molecule has 0 saturated carbocycles. The first-order valence-corrected chi connectivity index (χ1v) is 7.05. The highest BCUT2D eigenvalue weighted by Crippen LogP contribution is 2.27. The van der Waals surface area contributed by atoms with Crippen molar-refractivity contribution in [2.45, 2.75) is 0 Å². The SMILES string of the molecule is COC(=O)C(=O)/C=C(/O)c1ccc2ccc3ccccc3c2c1. The summed E-state index contributed by atoms with van der Waals surface area (Å²) in [6.07, 6.45) is 0.873. The van der Waals surface area contributed by atoms with Crippen molar-refractivity contribution in [1.82, 2.24) is 0 Å². The number of methoxy groups -OCH3 is 1. The molecule has 0 fully saturated rings. The first-order chi connectivity index (χ1) is 11.1. The fourth-order valence-electron chi connectivity index (χ4n) is 2.53. The molecule has 0 aliphatic carbocycles. The molecule has 3 aromatic carbocycles. The quantitative estimate of drug-likeness (QED) is 0.264. The lowest BCUT2D eigenvalue weighted by Gasteiger charge is -2.06. The monoisotopic (exact) mass is 306 g/mol. The molecule has 0 radical (unpaired) electrons. The van der Waals surface area contributed by atoms with Crippen LogP contribution in [0.5, 0.6) is 0 Å². The number of benzene rings is 3. The third-order valence-electron chi connectivity index (χ3n) is 3.70. The predicted molar refractivity (Wildman–Crippen MR) is 89.1 cm³/mol. The summed E-state index contributed by atoms with van der Waals surface area (Å²) < 4.78 is 4.33. The van der Waals surface area contributed by atoms with Crippen molar-refractivity contribution in [3.8, 4) is 0 Å². The minimum atomic E-state index is -1.01. The standard InChI is InChI=1S/C19H14O4/c1-23-19(22)18(21)11-17(20)14-9-8-13-7-6-12-4-2-3-5-15(12)16(13)10-14/h2-11,20H,1H3/b17-11+. The van der Waals surface area contributed by atoms with Gasteiger partial charge in [-0.15, -0.1) is 0 Å². The predicted octanol–water partition coefficient (Wildman–Crippen LogP) is 3.63. The van der Waals surface area contributed by atoms with Crippen molar-refractivity contribution in [1.29, 1.82) is 0 Å². The van der Waals surface area contributed by atoms with Gasteiger partial charge in [0.25, 0.3) is 5.78 Å². The van der Waals surface area contributed by atoms with Crippen molar-refractivity contribution in [2.75, 3.05) is 7.11 Å². The maximum atomic E-state index is 11.5. The number of ether oxygens (including phenoxy) is 1. The van der Waals surface area contributed by atoms with Crippen LogP contribution >= 0.6 is 0 Å². The summed E-state index contributed by atoms with van der Waals surface area (Å²) in [6.45, 7) is 0. The van der Waals surface area contributed by atoms with E-state index in [1.165, 1.54) is 0 Å². The van der Waals surface area contributed by atoms with Gasteiger partial charge >= 0.3 is 5.97 Å². The van der Waals surface area contributed by atoms with Gasteiger partial charge in [0, 0.05) is 11.6 Å². The molecule has 3 aromatic rings. The van der Waals surface area contributed by atoms with Crippen molar-refractivity contribution in [3.63, 3.8) is 0 Å². The Morgan fingerprint density at radius 1 is 0.957 bits per heavy atom. The van der Waals surface area contributed by atoms with Crippen molar-refractivity contribution in [2.24, 2.45) is 0 Å². The van der Waals surface area contributed by atoms with Gasteiger partial charge in [-0.25, -0.2) is 4.79 Å². The van der Waals surface area contributed by atoms with Gasteiger partial charge in [-0.2, -0.15) is 0 Å². The zero-order valence-electron chi connectivity index (χ0n) is 12.4. The van der Waals surface area contributed by atoms with Gasteiger partial charge in [-0.3, -0.25) is 4.79 Å². The summed E-state index contributed by atoms with van der Waals surface area (Å²) in [7, 11) is 1.12. The minimum absolute atomic E-state index is 0.268. The normalized spacial score (nSPS) is 11.6. The second-order valence-corrected chi connectivity index (χ2v) is 5.11. The van der Waals surface area contributed by atoms with Crippen LogP contribution in [0.3, 0.4) is 0 Å². The van der Waals surface area contributed by atoms with Gasteiger partial charge in [0.05, 0.1) is 7.11 Å². The lowest BCUT2D eigenvalue weighted by Crippen LogP contribution is -2.13. The maximum Gasteiger partial charge on any atom is 0.378 e. The fraction of sp³-hybridized carbons (Fsp3) is 0.0526. The lowest BCUT2D eigenvalue weighted by atomic mass is 9.99. The number of carbonyl (C=O) groups is 2. The van der Waals surface area contributed by atoms with E-state index in [2.05, 4.69) is 4.74 Å². The third-order valence-corrected chi connectivity index (χ3v) is 3.70. The Hall–Kier alpha value is -3.14. The number of aliphatic hydroxyl groups excluding tert-OH is 1. The number of hydrogen-bond donors (Lipinski definition) is 1. The average molecular weight is 306 g/mol. The van der Waals surface area contributed by atoms with Gasteiger partial charge in [0.15, 0.2) is 0 Å². The highest BCUT2D eigenvalue weighted by molar-refractivity contribution is 6.39. The molecule has 0 spiro atoms. The largest absolute Gasteiger partial charge is 0.507 e. The zero-order valence-corrected chi connectivity index (χ0v) is 12.4.